The number of nitrogens with one attached hydrogen (secondary N) is 1. The van der Waals surface area contributed by atoms with Crippen LogP contribution in [-0.4, -0.2) is 64.6 Å². The monoisotopic (exact) mass is 248 g/mol. The van der Waals surface area contributed by atoms with Crippen LogP contribution in [0.25, 0.3) is 0 Å². The average molecular weight is 248 g/mol. The predicted octanol–water partition coefficient (Wildman–Crippen LogP) is -0.764. The third-order valence-electron chi connectivity index (χ3n) is 2.16. The van der Waals surface area contributed by atoms with Crippen LogP contribution in [-0.2, 0) is 4.79 Å². The van der Waals surface area contributed by atoms with Crippen molar-refractivity contribution in [1.29, 1.82) is 0 Å². The quantitative estimate of drug-likeness (QED) is 0.451. The number of carboxylic acids is 1. The summed E-state index contributed by atoms with van der Waals surface area (Å²) in [5.41, 5.74) is 0. The van der Waals surface area contributed by atoms with E-state index in [1.165, 1.54) is 4.90 Å². The Balaban J connectivity index is 4.38. The Morgan fingerprint density at radius 1 is 1.24 bits per heavy atom. The van der Waals surface area contributed by atoms with Gasteiger partial charge in [-0.2, -0.15) is 0 Å². The van der Waals surface area contributed by atoms with E-state index in [-0.39, 0.29) is 26.2 Å². The van der Waals surface area contributed by atoms with E-state index in [1.54, 1.807) is 0 Å². The van der Waals surface area contributed by atoms with Crippen molar-refractivity contribution in [3.05, 3.63) is 0 Å². The van der Waals surface area contributed by atoms with Crippen molar-refractivity contribution in [2.45, 2.75) is 25.8 Å². The minimum Gasteiger partial charge on any atom is -0.480 e. The van der Waals surface area contributed by atoms with Crippen LogP contribution in [0, 0.1) is 0 Å². The average Bonchev–Trinajstić information content (AvgIpc) is 2.28. The van der Waals surface area contributed by atoms with E-state index in [2.05, 4.69) is 5.32 Å². The maximum absolute atomic E-state index is 11.7. The van der Waals surface area contributed by atoms with Crippen LogP contribution in [0.5, 0.6) is 0 Å². The zero-order valence-corrected chi connectivity index (χ0v) is 9.93. The van der Waals surface area contributed by atoms with Gasteiger partial charge in [0.05, 0.1) is 6.61 Å². The van der Waals surface area contributed by atoms with E-state index in [1.807, 2.05) is 6.92 Å². The Bertz CT molecular complexity index is 241. The highest BCUT2D eigenvalue weighted by Gasteiger charge is 2.21. The number of amides is 2. The lowest BCUT2D eigenvalue weighted by atomic mass is 10.2. The van der Waals surface area contributed by atoms with E-state index < -0.39 is 18.0 Å². The van der Waals surface area contributed by atoms with Gasteiger partial charge >= 0.3 is 12.0 Å². The molecule has 0 aromatic heterocycles. The molecule has 0 spiro atoms. The first-order chi connectivity index (χ1) is 8.06. The molecule has 0 aliphatic heterocycles. The van der Waals surface area contributed by atoms with E-state index in [9.17, 15) is 9.59 Å². The van der Waals surface area contributed by atoms with Crippen molar-refractivity contribution < 1.29 is 24.9 Å². The molecule has 0 saturated carbocycles. The van der Waals surface area contributed by atoms with Crippen LogP contribution >= 0.6 is 0 Å². The zero-order chi connectivity index (χ0) is 13.3. The standard InChI is InChI=1S/C10H20N2O5/c1-2-4-12(5-7-14)10(17)11-8(3-6-13)9(15)16/h8,13-14H,2-7H2,1H3,(H,11,17)(H,15,16)/t8-/m1/s1. The van der Waals surface area contributed by atoms with E-state index in [0.717, 1.165) is 0 Å². The molecule has 1 atom stereocenters. The van der Waals surface area contributed by atoms with E-state index in [0.29, 0.717) is 13.0 Å². The number of hydrogen-bond acceptors (Lipinski definition) is 4. The lowest BCUT2D eigenvalue weighted by molar-refractivity contribution is -0.139. The molecular weight excluding hydrogens is 228 g/mol. The lowest BCUT2D eigenvalue weighted by Gasteiger charge is -2.23. The summed E-state index contributed by atoms with van der Waals surface area (Å²) in [5.74, 6) is -1.19. The number of carbonyl (C=O) groups excluding carboxylic acids is 1. The molecule has 7 nitrogen and oxygen atoms in total. The lowest BCUT2D eigenvalue weighted by Crippen LogP contribution is -2.49. The Morgan fingerprint density at radius 3 is 2.29 bits per heavy atom. The number of aliphatic carboxylic acids is 1. The third kappa shape index (κ3) is 6.08. The third-order valence-corrected chi connectivity index (χ3v) is 2.16. The molecule has 2 amide bonds. The normalized spacial score (nSPS) is 11.9. The van der Waals surface area contributed by atoms with Gasteiger partial charge in [0.2, 0.25) is 0 Å². The number of urea groups is 1. The molecule has 0 rings (SSSR count). The molecular formula is C10H20N2O5. The number of aliphatic hydroxyl groups is 2. The summed E-state index contributed by atoms with van der Waals surface area (Å²) in [6.45, 7) is 1.99. The molecule has 0 saturated heterocycles. The van der Waals surface area contributed by atoms with E-state index in [4.69, 9.17) is 15.3 Å². The van der Waals surface area contributed by atoms with Crippen LogP contribution in [0.15, 0.2) is 0 Å². The van der Waals surface area contributed by atoms with Gasteiger partial charge in [0.1, 0.15) is 6.04 Å². The molecule has 17 heavy (non-hydrogen) atoms. The van der Waals surface area contributed by atoms with Crippen molar-refractivity contribution in [1.82, 2.24) is 10.2 Å². The highest BCUT2D eigenvalue weighted by atomic mass is 16.4. The summed E-state index contributed by atoms with van der Waals surface area (Å²) in [5, 5.41) is 28.6. The van der Waals surface area contributed by atoms with Crippen molar-refractivity contribution in [3.8, 4) is 0 Å². The molecule has 0 aromatic rings. The first kappa shape index (κ1) is 15.7. The molecule has 0 bridgehead atoms. The summed E-state index contributed by atoms with van der Waals surface area (Å²) in [6.07, 6.45) is 0.672. The summed E-state index contributed by atoms with van der Waals surface area (Å²) in [4.78, 5) is 23.8. The molecule has 0 aromatic carbocycles. The molecule has 0 aliphatic rings. The van der Waals surface area contributed by atoms with Gasteiger partial charge in [-0.1, -0.05) is 6.92 Å². The highest BCUT2D eigenvalue weighted by Crippen LogP contribution is 1.97. The maximum atomic E-state index is 11.7. The van der Waals surface area contributed by atoms with Crippen molar-refractivity contribution in [2.24, 2.45) is 0 Å². The summed E-state index contributed by atoms with van der Waals surface area (Å²) in [6, 6.07) is -1.65. The second kappa shape index (κ2) is 8.77. The van der Waals surface area contributed by atoms with Gasteiger partial charge in [0.15, 0.2) is 0 Å². The second-order valence-electron chi connectivity index (χ2n) is 3.56. The minimum atomic E-state index is -1.19. The highest BCUT2D eigenvalue weighted by molar-refractivity contribution is 5.82. The van der Waals surface area contributed by atoms with Crippen molar-refractivity contribution in [3.63, 3.8) is 0 Å². The van der Waals surface area contributed by atoms with Crippen LogP contribution < -0.4 is 5.32 Å². The van der Waals surface area contributed by atoms with Crippen LogP contribution in [0.3, 0.4) is 0 Å². The summed E-state index contributed by atoms with van der Waals surface area (Å²) < 4.78 is 0. The number of aliphatic hydroxyl groups excluding tert-OH is 2. The van der Waals surface area contributed by atoms with Gasteiger partial charge in [-0.15, -0.1) is 0 Å². The van der Waals surface area contributed by atoms with Crippen LogP contribution in [0.4, 0.5) is 4.79 Å². The number of carboxylic acid groups (broad SMARTS) is 1. The van der Waals surface area contributed by atoms with Gasteiger partial charge in [-0.05, 0) is 6.42 Å². The molecule has 0 radical (unpaired) electrons. The molecule has 0 aliphatic carbocycles. The van der Waals surface area contributed by atoms with Gasteiger partial charge in [0.25, 0.3) is 0 Å². The number of carbonyl (C=O) groups is 2. The van der Waals surface area contributed by atoms with Crippen LogP contribution in [0.2, 0.25) is 0 Å². The SMILES string of the molecule is CCCN(CCO)C(=O)N[C@H](CCO)C(=O)O. The Hall–Kier alpha value is -1.34. The fraction of sp³-hybridized carbons (Fsp3) is 0.800. The Kier molecular flexibility index (Phi) is 8.08. The maximum Gasteiger partial charge on any atom is 0.326 e. The Labute approximate surface area is 100 Å². The minimum absolute atomic E-state index is 0.0415. The van der Waals surface area contributed by atoms with Gasteiger partial charge in [0, 0.05) is 26.1 Å². The Morgan fingerprint density at radius 2 is 1.88 bits per heavy atom. The predicted molar refractivity (Wildman–Crippen MR) is 60.6 cm³/mol. The first-order valence-corrected chi connectivity index (χ1v) is 5.56. The largest absolute Gasteiger partial charge is 0.480 e. The van der Waals surface area contributed by atoms with Crippen LogP contribution in [0.1, 0.15) is 19.8 Å². The number of nitrogens with zero attached hydrogens (tertiary/aromatic N) is 1. The smallest absolute Gasteiger partial charge is 0.326 e. The second-order valence-corrected chi connectivity index (χ2v) is 3.56. The van der Waals surface area contributed by atoms with Crippen molar-refractivity contribution in [2.75, 3.05) is 26.3 Å². The zero-order valence-electron chi connectivity index (χ0n) is 9.93. The fourth-order valence-electron chi connectivity index (χ4n) is 1.33. The summed E-state index contributed by atoms with van der Waals surface area (Å²) >= 11 is 0. The topological polar surface area (TPSA) is 110 Å². The molecule has 0 unspecified atom stereocenters. The first-order valence-electron chi connectivity index (χ1n) is 5.56. The number of rotatable bonds is 8. The number of hydrogen-bond donors (Lipinski definition) is 4. The molecule has 100 valence electrons. The fourth-order valence-corrected chi connectivity index (χ4v) is 1.33. The van der Waals surface area contributed by atoms with Gasteiger partial charge < -0.3 is 25.5 Å². The van der Waals surface area contributed by atoms with Gasteiger partial charge in [-0.25, -0.2) is 9.59 Å². The molecule has 7 heteroatoms. The van der Waals surface area contributed by atoms with Crippen molar-refractivity contribution >= 4 is 12.0 Å². The van der Waals surface area contributed by atoms with E-state index >= 15 is 0 Å². The molecule has 4 N–H and O–H groups in total. The summed E-state index contributed by atoms with van der Waals surface area (Å²) in [7, 11) is 0. The molecule has 0 fully saturated rings. The molecule has 0 heterocycles. The van der Waals surface area contributed by atoms with Gasteiger partial charge in [-0.3, -0.25) is 0 Å².